The first-order chi connectivity index (χ1) is 7.65. The van der Waals surface area contributed by atoms with Crippen molar-refractivity contribution in [2.75, 3.05) is 11.9 Å². The van der Waals surface area contributed by atoms with Gasteiger partial charge in [-0.25, -0.2) is 0 Å². The largest absolute Gasteiger partial charge is 0.380 e. The molecule has 0 fully saturated rings. The third kappa shape index (κ3) is 3.53. The lowest BCUT2D eigenvalue weighted by atomic mass is 9.97. The van der Waals surface area contributed by atoms with Gasteiger partial charge in [0.15, 0.2) is 5.96 Å². The molecule has 0 radical (unpaired) electrons. The van der Waals surface area contributed by atoms with Gasteiger partial charge in [0, 0.05) is 11.7 Å². The van der Waals surface area contributed by atoms with Crippen molar-refractivity contribution in [2.24, 2.45) is 16.5 Å². The molecule has 2 rings (SSSR count). The Morgan fingerprint density at radius 3 is 2.94 bits per heavy atom. The van der Waals surface area contributed by atoms with Gasteiger partial charge in [-0.05, 0) is 37.0 Å². The summed E-state index contributed by atoms with van der Waals surface area (Å²) in [6.45, 7) is 2.75. The van der Waals surface area contributed by atoms with Crippen LogP contribution < -0.4 is 16.8 Å². The van der Waals surface area contributed by atoms with E-state index in [4.69, 9.17) is 11.5 Å². The molecule has 1 aliphatic heterocycles. The van der Waals surface area contributed by atoms with Gasteiger partial charge in [-0.2, -0.15) is 0 Å². The number of anilines is 1. The van der Waals surface area contributed by atoms with E-state index in [0.717, 1.165) is 12.8 Å². The lowest BCUT2D eigenvalue weighted by Gasteiger charge is -2.26. The molecule has 5 heteroatoms. The first-order valence-electron chi connectivity index (χ1n) is 5.56. The maximum absolute atomic E-state index is 5.33. The molecule has 0 spiro atoms. The molecule has 0 aromatic heterocycles. The fourth-order valence-corrected chi connectivity index (χ4v) is 2.02. The van der Waals surface area contributed by atoms with Crippen molar-refractivity contribution in [3.05, 3.63) is 29.3 Å². The molecule has 1 unspecified atom stereocenters. The highest BCUT2D eigenvalue weighted by Gasteiger charge is 2.16. The van der Waals surface area contributed by atoms with Crippen molar-refractivity contribution < 1.29 is 0 Å². The maximum atomic E-state index is 5.33. The molecule has 1 heterocycles. The number of nitrogens with zero attached hydrogens (tertiary/aromatic N) is 1. The molecular weight excluding hydrogens is 236 g/mol. The Labute approximate surface area is 108 Å². The van der Waals surface area contributed by atoms with E-state index in [0.29, 0.717) is 12.6 Å². The maximum Gasteiger partial charge on any atom is 0.185 e. The summed E-state index contributed by atoms with van der Waals surface area (Å²) in [6.07, 6.45) is 2.17. The molecule has 1 atom stereocenters. The van der Waals surface area contributed by atoms with Gasteiger partial charge in [-0.15, -0.1) is 12.4 Å². The van der Waals surface area contributed by atoms with Gasteiger partial charge in [0.2, 0.25) is 0 Å². The molecule has 1 aromatic rings. The molecule has 94 valence electrons. The van der Waals surface area contributed by atoms with Gasteiger partial charge in [-0.1, -0.05) is 12.1 Å². The lowest BCUT2D eigenvalue weighted by Crippen LogP contribution is -2.31. The van der Waals surface area contributed by atoms with Crippen LogP contribution in [0.5, 0.6) is 0 Å². The normalized spacial score (nSPS) is 17.4. The van der Waals surface area contributed by atoms with Crippen LogP contribution in [-0.4, -0.2) is 18.5 Å². The first kappa shape index (κ1) is 13.6. The Kier molecular flexibility index (Phi) is 4.63. The zero-order valence-electron chi connectivity index (χ0n) is 9.94. The molecule has 5 N–H and O–H groups in total. The standard InChI is InChI=1S/C12H18N4.ClH/c1-8-2-3-9-4-5-10(7-15-12(13)14)16-11(9)6-8;/h2-3,6,10,16H,4-5,7H2,1H3,(H4,13,14,15);1H. The van der Waals surface area contributed by atoms with Crippen LogP contribution in [0.2, 0.25) is 0 Å². The summed E-state index contributed by atoms with van der Waals surface area (Å²) in [5.74, 6) is 0.164. The van der Waals surface area contributed by atoms with E-state index in [1.165, 1.54) is 16.8 Å². The van der Waals surface area contributed by atoms with Crippen LogP contribution in [0.25, 0.3) is 0 Å². The van der Waals surface area contributed by atoms with Gasteiger partial charge in [0.25, 0.3) is 0 Å². The van der Waals surface area contributed by atoms with Crippen LogP contribution in [-0.2, 0) is 6.42 Å². The zero-order valence-corrected chi connectivity index (χ0v) is 10.8. The highest BCUT2D eigenvalue weighted by Crippen LogP contribution is 2.25. The third-order valence-corrected chi connectivity index (χ3v) is 2.88. The molecule has 1 aromatic carbocycles. The van der Waals surface area contributed by atoms with Crippen LogP contribution in [0, 0.1) is 6.92 Å². The fourth-order valence-electron chi connectivity index (χ4n) is 2.02. The Morgan fingerprint density at radius 2 is 2.24 bits per heavy atom. The van der Waals surface area contributed by atoms with E-state index in [-0.39, 0.29) is 18.4 Å². The van der Waals surface area contributed by atoms with Crippen LogP contribution in [0.4, 0.5) is 5.69 Å². The lowest BCUT2D eigenvalue weighted by molar-refractivity contribution is 0.639. The summed E-state index contributed by atoms with van der Waals surface area (Å²) in [5.41, 5.74) is 14.5. The number of aryl methyl sites for hydroxylation is 2. The van der Waals surface area contributed by atoms with Crippen LogP contribution in [0.3, 0.4) is 0 Å². The second-order valence-corrected chi connectivity index (χ2v) is 4.31. The number of halogens is 1. The van der Waals surface area contributed by atoms with Gasteiger partial charge in [0.1, 0.15) is 0 Å². The summed E-state index contributed by atoms with van der Waals surface area (Å²) in [5, 5.41) is 3.47. The Balaban J connectivity index is 0.00000144. The molecule has 0 amide bonds. The number of hydrogen-bond acceptors (Lipinski definition) is 2. The minimum Gasteiger partial charge on any atom is -0.380 e. The van der Waals surface area contributed by atoms with E-state index in [2.05, 4.69) is 35.4 Å². The number of nitrogens with two attached hydrogens (primary N) is 2. The number of nitrogens with one attached hydrogen (secondary N) is 1. The number of guanidine groups is 1. The molecular formula is C12H19ClN4. The van der Waals surface area contributed by atoms with E-state index in [9.17, 15) is 0 Å². The minimum atomic E-state index is 0. The van der Waals surface area contributed by atoms with Crippen molar-refractivity contribution in [2.45, 2.75) is 25.8 Å². The number of benzene rings is 1. The van der Waals surface area contributed by atoms with Crippen molar-refractivity contribution in [3.8, 4) is 0 Å². The SMILES string of the molecule is Cc1ccc2c(c1)NC(CN=C(N)N)CC2.Cl. The predicted molar refractivity (Wildman–Crippen MR) is 74.8 cm³/mol. The van der Waals surface area contributed by atoms with Crippen molar-refractivity contribution in [1.29, 1.82) is 0 Å². The second kappa shape index (κ2) is 5.77. The summed E-state index contributed by atoms with van der Waals surface area (Å²) in [7, 11) is 0. The van der Waals surface area contributed by atoms with Crippen LogP contribution >= 0.6 is 12.4 Å². The molecule has 4 nitrogen and oxygen atoms in total. The van der Waals surface area contributed by atoms with Crippen LogP contribution in [0.15, 0.2) is 23.2 Å². The second-order valence-electron chi connectivity index (χ2n) is 4.31. The number of fused-ring (bicyclic) bond motifs is 1. The van der Waals surface area contributed by atoms with Crippen molar-refractivity contribution >= 4 is 24.1 Å². The monoisotopic (exact) mass is 254 g/mol. The number of rotatable bonds is 2. The van der Waals surface area contributed by atoms with E-state index in [1.54, 1.807) is 0 Å². The number of aliphatic imine (C=N–C) groups is 1. The topological polar surface area (TPSA) is 76.4 Å². The molecule has 1 aliphatic rings. The van der Waals surface area contributed by atoms with Gasteiger partial charge in [-0.3, -0.25) is 4.99 Å². The Morgan fingerprint density at radius 1 is 1.47 bits per heavy atom. The summed E-state index contributed by atoms with van der Waals surface area (Å²) >= 11 is 0. The Hall–Kier alpha value is -1.42. The van der Waals surface area contributed by atoms with Gasteiger partial charge < -0.3 is 16.8 Å². The van der Waals surface area contributed by atoms with E-state index >= 15 is 0 Å². The third-order valence-electron chi connectivity index (χ3n) is 2.88. The highest BCUT2D eigenvalue weighted by molar-refractivity contribution is 5.85. The average molecular weight is 255 g/mol. The van der Waals surface area contributed by atoms with Crippen LogP contribution in [0.1, 0.15) is 17.5 Å². The summed E-state index contributed by atoms with van der Waals surface area (Å²) in [6, 6.07) is 6.86. The fraction of sp³-hybridized carbons (Fsp3) is 0.417. The first-order valence-corrected chi connectivity index (χ1v) is 5.56. The zero-order chi connectivity index (χ0) is 11.5. The molecule has 0 saturated heterocycles. The van der Waals surface area contributed by atoms with Crippen molar-refractivity contribution in [3.63, 3.8) is 0 Å². The predicted octanol–water partition coefficient (Wildman–Crippen LogP) is 1.42. The molecule has 0 bridgehead atoms. The van der Waals surface area contributed by atoms with E-state index in [1.807, 2.05) is 0 Å². The quantitative estimate of drug-likeness (QED) is 0.552. The highest BCUT2D eigenvalue weighted by atomic mass is 35.5. The molecule has 0 saturated carbocycles. The summed E-state index contributed by atoms with van der Waals surface area (Å²) in [4.78, 5) is 4.05. The average Bonchev–Trinajstić information content (AvgIpc) is 2.25. The molecule has 17 heavy (non-hydrogen) atoms. The van der Waals surface area contributed by atoms with Gasteiger partial charge >= 0.3 is 0 Å². The van der Waals surface area contributed by atoms with Crippen molar-refractivity contribution in [1.82, 2.24) is 0 Å². The Bertz CT molecular complexity index is 413. The van der Waals surface area contributed by atoms with E-state index < -0.39 is 0 Å². The minimum absolute atomic E-state index is 0. The smallest absolute Gasteiger partial charge is 0.185 e. The summed E-state index contributed by atoms with van der Waals surface area (Å²) < 4.78 is 0. The van der Waals surface area contributed by atoms with Gasteiger partial charge in [0.05, 0.1) is 6.54 Å². The molecule has 0 aliphatic carbocycles. The number of hydrogen-bond donors (Lipinski definition) is 3.